The number of ether oxygens (including phenoxy) is 4. The van der Waals surface area contributed by atoms with Crippen molar-refractivity contribution in [1.29, 1.82) is 0 Å². The van der Waals surface area contributed by atoms with Crippen LogP contribution in [0.4, 0.5) is 5.69 Å². The number of hydrogen-bond acceptors (Lipinski definition) is 5. The summed E-state index contributed by atoms with van der Waals surface area (Å²) in [6.07, 6.45) is -0.901. The number of benzene rings is 4. The zero-order valence-electron chi connectivity index (χ0n) is 21.1. The highest BCUT2D eigenvalue weighted by Crippen LogP contribution is 2.55. The molecule has 7 rings (SSSR count). The lowest BCUT2D eigenvalue weighted by molar-refractivity contribution is -0.236. The number of hydrogen-bond donors (Lipinski definition) is 1. The van der Waals surface area contributed by atoms with Crippen LogP contribution < -0.4 is 10.1 Å². The normalized spacial score (nSPS) is 26.7. The first-order valence-corrected chi connectivity index (χ1v) is 13.4. The van der Waals surface area contributed by atoms with Gasteiger partial charge in [0.05, 0.1) is 37.9 Å². The maximum atomic E-state index is 6.94. The Kier molecular flexibility index (Phi) is 6.34. The van der Waals surface area contributed by atoms with Crippen molar-refractivity contribution in [3.8, 4) is 5.75 Å². The first kappa shape index (κ1) is 23.5. The van der Waals surface area contributed by atoms with E-state index in [0.29, 0.717) is 19.8 Å². The van der Waals surface area contributed by atoms with Crippen molar-refractivity contribution >= 4 is 5.69 Å². The van der Waals surface area contributed by atoms with Gasteiger partial charge in [-0.15, -0.1) is 0 Å². The van der Waals surface area contributed by atoms with E-state index in [1.165, 1.54) is 0 Å². The average Bonchev–Trinajstić information content (AvgIpc) is 2.98. The SMILES string of the molecule is c1ccc(COC[C@H]2O[C@@H]3c4ccccc4N[C@@H]4c5ccccc5O[C@@H]([C@@H]2OCc2ccccc2)[C@@H]43)cc1. The van der Waals surface area contributed by atoms with Crippen molar-refractivity contribution in [2.75, 3.05) is 11.9 Å². The molecule has 1 N–H and O–H groups in total. The highest BCUT2D eigenvalue weighted by molar-refractivity contribution is 5.59. The Bertz CT molecular complexity index is 1380. The molecule has 1 fully saturated rings. The largest absolute Gasteiger partial charge is 0.487 e. The van der Waals surface area contributed by atoms with Crippen molar-refractivity contribution in [3.63, 3.8) is 0 Å². The third-order valence-corrected chi connectivity index (χ3v) is 7.90. The Balaban J connectivity index is 1.23. The standard InChI is InChI=1S/C33H31NO4/c1-3-11-22(12-4-1)19-35-21-28-32(36-20-23-13-5-2-6-14-23)33-29-30(25-16-8-10-18-27(25)37-33)34-26-17-9-7-15-24(26)31(29)38-28/h1-18,28-34H,19-21H2/t28-,29+,30-,31-,32-,33-/m1/s1. The minimum atomic E-state index is -0.296. The van der Waals surface area contributed by atoms with Crippen molar-refractivity contribution in [3.05, 3.63) is 131 Å². The smallest absolute Gasteiger partial charge is 0.135 e. The van der Waals surface area contributed by atoms with Crippen LogP contribution >= 0.6 is 0 Å². The molecule has 3 heterocycles. The fourth-order valence-electron chi connectivity index (χ4n) is 6.14. The molecule has 4 aromatic rings. The van der Waals surface area contributed by atoms with Gasteiger partial charge in [-0.05, 0) is 23.3 Å². The molecular formula is C33H31NO4. The molecule has 0 bridgehead atoms. The maximum Gasteiger partial charge on any atom is 0.135 e. The molecular weight excluding hydrogens is 474 g/mol. The molecule has 38 heavy (non-hydrogen) atoms. The fraction of sp³-hybridized carbons (Fsp3) is 0.273. The molecule has 1 saturated heterocycles. The Morgan fingerprint density at radius 1 is 0.684 bits per heavy atom. The van der Waals surface area contributed by atoms with Gasteiger partial charge in [0.15, 0.2) is 0 Å². The van der Waals surface area contributed by atoms with E-state index in [1.54, 1.807) is 0 Å². The minimum absolute atomic E-state index is 0.0611. The topological polar surface area (TPSA) is 49.0 Å². The summed E-state index contributed by atoms with van der Waals surface area (Å²) in [4.78, 5) is 0. The first-order chi connectivity index (χ1) is 18.8. The van der Waals surface area contributed by atoms with Crippen molar-refractivity contribution in [1.82, 2.24) is 0 Å². The van der Waals surface area contributed by atoms with E-state index in [4.69, 9.17) is 18.9 Å². The van der Waals surface area contributed by atoms with Crippen molar-refractivity contribution < 1.29 is 18.9 Å². The van der Waals surface area contributed by atoms with E-state index >= 15 is 0 Å². The summed E-state index contributed by atoms with van der Waals surface area (Å²) in [6, 6.07) is 37.4. The van der Waals surface area contributed by atoms with Crippen molar-refractivity contribution in [2.45, 2.75) is 43.7 Å². The van der Waals surface area contributed by atoms with E-state index in [-0.39, 0.29) is 36.4 Å². The third-order valence-electron chi connectivity index (χ3n) is 7.90. The molecule has 5 nitrogen and oxygen atoms in total. The number of nitrogens with one attached hydrogen (secondary N) is 1. The fourth-order valence-corrected chi connectivity index (χ4v) is 6.14. The van der Waals surface area contributed by atoms with E-state index in [9.17, 15) is 0 Å². The summed E-state index contributed by atoms with van der Waals surface area (Å²) in [5.74, 6) is 0.967. The molecule has 0 aliphatic carbocycles. The number of rotatable bonds is 7. The van der Waals surface area contributed by atoms with Crippen LogP contribution in [0.15, 0.2) is 109 Å². The summed E-state index contributed by atoms with van der Waals surface area (Å²) < 4.78 is 26.6. The van der Waals surface area contributed by atoms with Crippen LogP contribution in [0, 0.1) is 5.92 Å². The summed E-state index contributed by atoms with van der Waals surface area (Å²) in [5, 5.41) is 3.81. The molecule has 0 saturated carbocycles. The van der Waals surface area contributed by atoms with Crippen LogP contribution in [0.25, 0.3) is 0 Å². The third kappa shape index (κ3) is 4.37. The Morgan fingerprint density at radius 2 is 1.34 bits per heavy atom. The zero-order chi connectivity index (χ0) is 25.3. The number of para-hydroxylation sites is 2. The lowest BCUT2D eigenvalue weighted by Gasteiger charge is -2.54. The summed E-state index contributed by atoms with van der Waals surface area (Å²) in [5.41, 5.74) is 5.70. The molecule has 0 radical (unpaired) electrons. The molecule has 5 heteroatoms. The lowest BCUT2D eigenvalue weighted by atomic mass is 9.72. The Morgan fingerprint density at radius 3 is 2.13 bits per heavy atom. The van der Waals surface area contributed by atoms with Gasteiger partial charge >= 0.3 is 0 Å². The number of fused-ring (bicyclic) bond motifs is 4. The predicted molar refractivity (Wildman–Crippen MR) is 146 cm³/mol. The highest BCUT2D eigenvalue weighted by atomic mass is 16.6. The van der Waals surface area contributed by atoms with Crippen molar-refractivity contribution in [2.24, 2.45) is 5.92 Å². The van der Waals surface area contributed by atoms with Gasteiger partial charge in [0.2, 0.25) is 0 Å². The summed E-state index contributed by atoms with van der Waals surface area (Å²) in [7, 11) is 0. The zero-order valence-corrected chi connectivity index (χ0v) is 21.1. The second-order valence-electron chi connectivity index (χ2n) is 10.3. The minimum Gasteiger partial charge on any atom is -0.487 e. The van der Waals surface area contributed by atoms with Gasteiger partial charge < -0.3 is 24.3 Å². The van der Waals surface area contributed by atoms with Gasteiger partial charge in [0, 0.05) is 16.8 Å². The van der Waals surface area contributed by atoms with Crippen LogP contribution in [0.3, 0.4) is 0 Å². The average molecular weight is 506 g/mol. The Hall–Kier alpha value is -3.64. The molecule has 192 valence electrons. The van der Waals surface area contributed by atoms with Crippen LogP contribution in [0.5, 0.6) is 5.75 Å². The molecule has 0 amide bonds. The van der Waals surface area contributed by atoms with Gasteiger partial charge in [-0.25, -0.2) is 0 Å². The first-order valence-electron chi connectivity index (χ1n) is 13.4. The maximum absolute atomic E-state index is 6.94. The molecule has 3 aliphatic rings. The summed E-state index contributed by atoms with van der Waals surface area (Å²) >= 11 is 0. The summed E-state index contributed by atoms with van der Waals surface area (Å²) in [6.45, 7) is 1.42. The van der Waals surface area contributed by atoms with E-state index in [0.717, 1.165) is 33.7 Å². The highest BCUT2D eigenvalue weighted by Gasteiger charge is 2.56. The molecule has 3 aliphatic heterocycles. The monoisotopic (exact) mass is 505 g/mol. The second kappa shape index (κ2) is 10.3. The Labute approximate surface area is 223 Å². The predicted octanol–water partition coefficient (Wildman–Crippen LogP) is 6.47. The van der Waals surface area contributed by atoms with Crippen LogP contribution in [-0.2, 0) is 27.4 Å². The van der Waals surface area contributed by atoms with Gasteiger partial charge in [0.25, 0.3) is 0 Å². The van der Waals surface area contributed by atoms with Gasteiger partial charge in [-0.2, -0.15) is 0 Å². The van der Waals surface area contributed by atoms with Crippen LogP contribution in [0.2, 0.25) is 0 Å². The molecule has 6 atom stereocenters. The van der Waals surface area contributed by atoms with E-state index in [2.05, 4.69) is 72.0 Å². The van der Waals surface area contributed by atoms with E-state index < -0.39 is 0 Å². The van der Waals surface area contributed by atoms with Gasteiger partial charge in [-0.1, -0.05) is 97.1 Å². The second-order valence-corrected chi connectivity index (χ2v) is 10.3. The van der Waals surface area contributed by atoms with Crippen LogP contribution in [0.1, 0.15) is 34.4 Å². The molecule has 0 unspecified atom stereocenters. The quantitative estimate of drug-likeness (QED) is 0.312. The molecule has 0 spiro atoms. The van der Waals surface area contributed by atoms with Gasteiger partial charge in [-0.3, -0.25) is 0 Å². The number of anilines is 1. The molecule has 0 aromatic heterocycles. The van der Waals surface area contributed by atoms with E-state index in [1.807, 2.05) is 42.5 Å². The molecule has 4 aromatic carbocycles. The van der Waals surface area contributed by atoms with Gasteiger partial charge in [0.1, 0.15) is 24.1 Å². The van der Waals surface area contributed by atoms with Crippen LogP contribution in [-0.4, -0.2) is 24.9 Å². The lowest BCUT2D eigenvalue weighted by Crippen LogP contribution is -2.60.